The van der Waals surface area contributed by atoms with Crippen molar-refractivity contribution in [1.29, 1.82) is 0 Å². The van der Waals surface area contributed by atoms with Gasteiger partial charge in [-0.15, -0.1) is 0 Å². The van der Waals surface area contributed by atoms with Gasteiger partial charge in [-0.2, -0.15) is 0 Å². The van der Waals surface area contributed by atoms with Crippen molar-refractivity contribution < 1.29 is 9.53 Å². The van der Waals surface area contributed by atoms with Gasteiger partial charge in [-0.1, -0.05) is 36.4 Å². The molecule has 30 heavy (non-hydrogen) atoms. The summed E-state index contributed by atoms with van der Waals surface area (Å²) < 4.78 is 5.38. The highest BCUT2D eigenvalue weighted by molar-refractivity contribution is 6.08. The second-order valence-corrected chi connectivity index (χ2v) is 6.75. The number of hydrogen-bond donors (Lipinski definition) is 2. The fraction of sp³-hybridized carbons (Fsp3) is 0.125. The number of carbonyl (C=O) groups is 1. The van der Waals surface area contributed by atoms with Gasteiger partial charge in [-0.3, -0.25) is 9.78 Å². The quantitative estimate of drug-likeness (QED) is 0.478. The van der Waals surface area contributed by atoms with E-state index in [0.717, 1.165) is 28.6 Å². The van der Waals surface area contributed by atoms with Crippen molar-refractivity contribution >= 4 is 28.3 Å². The number of hydrogen-bond acceptors (Lipinski definition) is 5. The van der Waals surface area contributed by atoms with Crippen molar-refractivity contribution in [3.8, 4) is 5.75 Å². The number of fused-ring (bicyclic) bond motifs is 1. The first-order valence-corrected chi connectivity index (χ1v) is 9.71. The van der Waals surface area contributed by atoms with Crippen LogP contribution in [0.2, 0.25) is 0 Å². The number of aromatic nitrogens is 2. The number of rotatable bonds is 7. The van der Waals surface area contributed by atoms with E-state index in [9.17, 15) is 4.79 Å². The minimum Gasteiger partial charge on any atom is -0.496 e. The molecule has 0 bridgehead atoms. The third kappa shape index (κ3) is 4.38. The molecule has 2 heterocycles. The van der Waals surface area contributed by atoms with Crippen molar-refractivity contribution in [3.05, 3.63) is 90.3 Å². The summed E-state index contributed by atoms with van der Waals surface area (Å²) in [6.45, 7) is 0.672. The third-order valence-corrected chi connectivity index (χ3v) is 4.80. The summed E-state index contributed by atoms with van der Waals surface area (Å²) >= 11 is 0. The minimum atomic E-state index is -0.205. The van der Waals surface area contributed by atoms with Crippen LogP contribution in [0.3, 0.4) is 0 Å². The fourth-order valence-corrected chi connectivity index (χ4v) is 3.30. The Labute approximate surface area is 175 Å². The average molecular weight is 398 g/mol. The smallest absolute Gasteiger partial charge is 0.255 e. The van der Waals surface area contributed by atoms with Gasteiger partial charge in [0.05, 0.1) is 18.3 Å². The molecule has 150 valence electrons. The molecule has 0 unspecified atom stereocenters. The number of carbonyl (C=O) groups excluding carboxylic acids is 1. The van der Waals surface area contributed by atoms with Gasteiger partial charge in [0.1, 0.15) is 11.6 Å². The number of anilines is 2. The number of methoxy groups -OCH3 is 1. The van der Waals surface area contributed by atoms with E-state index in [4.69, 9.17) is 4.74 Å². The van der Waals surface area contributed by atoms with Crippen LogP contribution in [0.15, 0.2) is 79.1 Å². The van der Waals surface area contributed by atoms with Crippen LogP contribution in [0.25, 0.3) is 10.9 Å². The van der Waals surface area contributed by atoms with Crippen molar-refractivity contribution in [2.24, 2.45) is 0 Å². The molecule has 6 nitrogen and oxygen atoms in total. The molecule has 0 radical (unpaired) electrons. The molecule has 0 atom stereocenters. The van der Waals surface area contributed by atoms with E-state index in [-0.39, 0.29) is 5.91 Å². The zero-order chi connectivity index (χ0) is 20.8. The summed E-state index contributed by atoms with van der Waals surface area (Å²) in [6, 6.07) is 20.9. The van der Waals surface area contributed by atoms with E-state index in [1.807, 2.05) is 54.6 Å². The van der Waals surface area contributed by atoms with Crippen LogP contribution in [0.5, 0.6) is 5.75 Å². The van der Waals surface area contributed by atoms with Gasteiger partial charge in [0.15, 0.2) is 0 Å². The van der Waals surface area contributed by atoms with Gasteiger partial charge in [0.2, 0.25) is 0 Å². The van der Waals surface area contributed by atoms with Gasteiger partial charge in [0, 0.05) is 29.9 Å². The molecule has 2 aromatic heterocycles. The summed E-state index contributed by atoms with van der Waals surface area (Å²) in [5.41, 5.74) is 3.08. The molecule has 1 amide bonds. The largest absolute Gasteiger partial charge is 0.496 e. The molecule has 4 rings (SSSR count). The molecule has 0 saturated carbocycles. The molecule has 4 aromatic rings. The average Bonchev–Trinajstić information content (AvgIpc) is 2.80. The summed E-state index contributed by atoms with van der Waals surface area (Å²) in [4.78, 5) is 21.5. The van der Waals surface area contributed by atoms with Gasteiger partial charge in [-0.05, 0) is 42.3 Å². The maximum atomic E-state index is 12.8. The molecule has 0 aliphatic heterocycles. The molecular formula is C24H22N4O2. The Hall–Kier alpha value is -3.93. The number of para-hydroxylation sites is 2. The van der Waals surface area contributed by atoms with E-state index in [1.54, 1.807) is 31.6 Å². The van der Waals surface area contributed by atoms with Crippen molar-refractivity contribution in [2.45, 2.75) is 6.42 Å². The molecule has 2 N–H and O–H groups in total. The van der Waals surface area contributed by atoms with Crippen molar-refractivity contribution in [2.75, 3.05) is 24.3 Å². The monoisotopic (exact) mass is 398 g/mol. The lowest BCUT2D eigenvalue weighted by Gasteiger charge is -2.11. The summed E-state index contributed by atoms with van der Waals surface area (Å²) in [5, 5.41) is 7.20. The lowest BCUT2D eigenvalue weighted by atomic mass is 10.1. The first-order valence-electron chi connectivity index (χ1n) is 9.71. The van der Waals surface area contributed by atoms with Gasteiger partial charge in [0.25, 0.3) is 5.91 Å². The topological polar surface area (TPSA) is 76.1 Å². The fourth-order valence-electron chi connectivity index (χ4n) is 3.30. The first kappa shape index (κ1) is 19.4. The van der Waals surface area contributed by atoms with E-state index in [1.165, 1.54) is 0 Å². The van der Waals surface area contributed by atoms with Crippen LogP contribution in [0.1, 0.15) is 15.9 Å². The summed E-state index contributed by atoms with van der Waals surface area (Å²) in [6.07, 6.45) is 4.12. The number of nitrogens with zero attached hydrogens (tertiary/aromatic N) is 2. The van der Waals surface area contributed by atoms with Crippen molar-refractivity contribution in [3.63, 3.8) is 0 Å². The Morgan fingerprint density at radius 3 is 2.73 bits per heavy atom. The number of nitrogens with one attached hydrogen (secondary N) is 2. The molecule has 0 spiro atoms. The Kier molecular flexibility index (Phi) is 5.85. The second kappa shape index (κ2) is 9.05. The normalized spacial score (nSPS) is 10.6. The van der Waals surface area contributed by atoms with Crippen LogP contribution in [0.4, 0.5) is 11.5 Å². The molecule has 6 heteroatoms. The highest BCUT2D eigenvalue weighted by atomic mass is 16.5. The maximum absolute atomic E-state index is 12.8. The lowest BCUT2D eigenvalue weighted by Crippen LogP contribution is -2.14. The Bertz CT molecular complexity index is 1170. The predicted molar refractivity (Wildman–Crippen MR) is 119 cm³/mol. The number of ether oxygens (including phenoxy) is 1. The molecule has 0 fully saturated rings. The van der Waals surface area contributed by atoms with Crippen LogP contribution in [-0.2, 0) is 6.42 Å². The Morgan fingerprint density at radius 2 is 1.83 bits per heavy atom. The van der Waals surface area contributed by atoms with Crippen LogP contribution in [0, 0.1) is 0 Å². The SMILES string of the molecule is COc1ccccc1CCNc1cc(C(=O)Nc2cccc3cccnc23)ccn1. The van der Waals surface area contributed by atoms with Gasteiger partial charge in [-0.25, -0.2) is 4.98 Å². The summed E-state index contributed by atoms with van der Waals surface area (Å²) in [5.74, 6) is 1.31. The number of pyridine rings is 2. The van der Waals surface area contributed by atoms with Crippen LogP contribution in [-0.4, -0.2) is 29.5 Å². The Morgan fingerprint density at radius 1 is 0.967 bits per heavy atom. The van der Waals surface area contributed by atoms with E-state index >= 15 is 0 Å². The highest BCUT2D eigenvalue weighted by Gasteiger charge is 2.10. The predicted octanol–water partition coefficient (Wildman–Crippen LogP) is 4.55. The first-order chi connectivity index (χ1) is 14.7. The highest BCUT2D eigenvalue weighted by Crippen LogP contribution is 2.22. The third-order valence-electron chi connectivity index (χ3n) is 4.80. The standard InChI is InChI=1S/C24H22N4O2/c1-30-21-10-3-2-6-17(21)11-14-25-22-16-19(12-15-26-22)24(29)28-20-9-4-7-18-8-5-13-27-23(18)20/h2-10,12-13,15-16H,11,14H2,1H3,(H,25,26)(H,28,29). The lowest BCUT2D eigenvalue weighted by molar-refractivity contribution is 0.102. The molecule has 0 saturated heterocycles. The molecule has 2 aromatic carbocycles. The van der Waals surface area contributed by atoms with Crippen molar-refractivity contribution in [1.82, 2.24) is 9.97 Å². The molecule has 0 aliphatic rings. The number of benzene rings is 2. The zero-order valence-corrected chi connectivity index (χ0v) is 16.6. The van der Waals surface area contributed by atoms with Crippen LogP contribution < -0.4 is 15.4 Å². The van der Waals surface area contributed by atoms with Crippen LogP contribution >= 0.6 is 0 Å². The Balaban J connectivity index is 1.43. The maximum Gasteiger partial charge on any atom is 0.255 e. The summed E-state index contributed by atoms with van der Waals surface area (Å²) in [7, 11) is 1.67. The molecule has 0 aliphatic carbocycles. The van der Waals surface area contributed by atoms with Gasteiger partial charge < -0.3 is 15.4 Å². The van der Waals surface area contributed by atoms with E-state index in [2.05, 4.69) is 20.6 Å². The zero-order valence-electron chi connectivity index (χ0n) is 16.6. The van der Waals surface area contributed by atoms with Gasteiger partial charge >= 0.3 is 0 Å². The molecular weight excluding hydrogens is 376 g/mol. The van der Waals surface area contributed by atoms with E-state index in [0.29, 0.717) is 23.6 Å². The second-order valence-electron chi connectivity index (χ2n) is 6.75. The van der Waals surface area contributed by atoms with E-state index < -0.39 is 0 Å². The minimum absolute atomic E-state index is 0.205. The number of amides is 1.